The van der Waals surface area contributed by atoms with E-state index in [0.717, 1.165) is 61.2 Å². The Morgan fingerprint density at radius 2 is 1.76 bits per heavy atom. The van der Waals surface area contributed by atoms with E-state index in [2.05, 4.69) is 39.4 Å². The number of fused-ring (bicyclic) bond motifs is 3. The first-order chi connectivity index (χ1) is 14.2. The van der Waals surface area contributed by atoms with Crippen LogP contribution in [0.15, 0.2) is 59.4 Å². The summed E-state index contributed by atoms with van der Waals surface area (Å²) in [5, 5.41) is 7.70. The molecule has 3 heterocycles. The quantitative estimate of drug-likeness (QED) is 0.545. The fourth-order valence-electron chi connectivity index (χ4n) is 4.06. The molecule has 0 aliphatic carbocycles. The van der Waals surface area contributed by atoms with Crippen molar-refractivity contribution in [1.29, 1.82) is 0 Å². The zero-order chi connectivity index (χ0) is 19.8. The molecule has 7 nitrogen and oxygen atoms in total. The Labute approximate surface area is 167 Å². The van der Waals surface area contributed by atoms with Gasteiger partial charge in [-0.1, -0.05) is 42.5 Å². The molecule has 0 unspecified atom stereocenters. The van der Waals surface area contributed by atoms with Crippen LogP contribution in [0, 0.1) is 0 Å². The molecule has 1 saturated heterocycles. The van der Waals surface area contributed by atoms with Gasteiger partial charge in [0.15, 0.2) is 5.65 Å². The minimum absolute atomic E-state index is 0.229. The molecule has 1 aliphatic rings. The second kappa shape index (κ2) is 7.18. The molecule has 7 heteroatoms. The molecular formula is C22H21N5O2. The molecule has 2 aromatic carbocycles. The third-order valence-electron chi connectivity index (χ3n) is 5.63. The summed E-state index contributed by atoms with van der Waals surface area (Å²) in [6.45, 7) is 4.25. The minimum Gasteiger partial charge on any atom is -0.343 e. The summed E-state index contributed by atoms with van der Waals surface area (Å²) in [6.07, 6.45) is 0.931. The van der Waals surface area contributed by atoms with Crippen LogP contribution in [0.25, 0.3) is 27.7 Å². The van der Waals surface area contributed by atoms with Crippen molar-refractivity contribution in [2.24, 2.45) is 0 Å². The number of H-pyrrole nitrogens is 1. The van der Waals surface area contributed by atoms with Crippen LogP contribution in [0.1, 0.15) is 5.56 Å². The number of benzene rings is 2. The number of aromatic amines is 1. The number of rotatable bonds is 4. The largest absolute Gasteiger partial charge is 0.348 e. The molecule has 29 heavy (non-hydrogen) atoms. The highest BCUT2D eigenvalue weighted by Gasteiger charge is 2.16. The number of nitrogens with one attached hydrogen (secondary N) is 1. The van der Waals surface area contributed by atoms with Crippen LogP contribution in [0.2, 0.25) is 0 Å². The normalized spacial score (nSPS) is 15.2. The van der Waals surface area contributed by atoms with E-state index in [0.29, 0.717) is 5.65 Å². The van der Waals surface area contributed by atoms with Gasteiger partial charge in [0, 0.05) is 38.1 Å². The molecule has 0 spiro atoms. The number of nitrogens with zero attached hydrogens (tertiary/aromatic N) is 4. The molecule has 1 amide bonds. The lowest BCUT2D eigenvalue weighted by Crippen LogP contribution is -2.45. The lowest BCUT2D eigenvalue weighted by atomic mass is 9.99. The summed E-state index contributed by atoms with van der Waals surface area (Å²) in [6, 6.07) is 18.4. The molecule has 1 aliphatic heterocycles. The van der Waals surface area contributed by atoms with Gasteiger partial charge in [-0.25, -0.2) is 14.3 Å². The van der Waals surface area contributed by atoms with Gasteiger partial charge in [-0.3, -0.25) is 9.69 Å². The molecule has 5 rings (SSSR count). The van der Waals surface area contributed by atoms with Gasteiger partial charge in [0.05, 0.1) is 5.52 Å². The molecule has 0 bridgehead atoms. The lowest BCUT2D eigenvalue weighted by molar-refractivity contribution is -0.119. The molecule has 1 N–H and O–H groups in total. The highest BCUT2D eigenvalue weighted by Crippen LogP contribution is 2.29. The Morgan fingerprint density at radius 3 is 2.52 bits per heavy atom. The van der Waals surface area contributed by atoms with Crippen LogP contribution in [0.4, 0.5) is 0 Å². The van der Waals surface area contributed by atoms with E-state index in [1.165, 1.54) is 5.56 Å². The fourth-order valence-corrected chi connectivity index (χ4v) is 4.06. The summed E-state index contributed by atoms with van der Waals surface area (Å²) in [5.74, 6) is 0. The zero-order valence-electron chi connectivity index (χ0n) is 15.9. The number of aromatic nitrogens is 3. The first-order valence-corrected chi connectivity index (χ1v) is 9.73. The first-order valence-electron chi connectivity index (χ1n) is 9.73. The van der Waals surface area contributed by atoms with Crippen molar-refractivity contribution < 1.29 is 4.79 Å². The summed E-state index contributed by atoms with van der Waals surface area (Å²) < 4.78 is 1.60. The van der Waals surface area contributed by atoms with E-state index in [9.17, 15) is 9.59 Å². The number of carbonyl (C=O) groups excluding carboxylic acids is 1. The number of amides is 1. The second-order valence-electron chi connectivity index (χ2n) is 7.41. The SMILES string of the molecule is O=CN1CCN(Cc2ccc(-c3cc4n[nH]c(=O)n4c4ccccc34)cc2)CC1. The summed E-state index contributed by atoms with van der Waals surface area (Å²) in [5.41, 5.74) is 4.62. The van der Waals surface area contributed by atoms with E-state index in [-0.39, 0.29) is 5.69 Å². The monoisotopic (exact) mass is 387 g/mol. The van der Waals surface area contributed by atoms with Gasteiger partial charge < -0.3 is 4.90 Å². The van der Waals surface area contributed by atoms with Crippen molar-refractivity contribution in [3.05, 3.63) is 70.6 Å². The van der Waals surface area contributed by atoms with Crippen LogP contribution in [0.3, 0.4) is 0 Å². The molecule has 146 valence electrons. The second-order valence-corrected chi connectivity index (χ2v) is 7.41. The van der Waals surface area contributed by atoms with Crippen molar-refractivity contribution in [2.75, 3.05) is 26.2 Å². The van der Waals surface area contributed by atoms with E-state index >= 15 is 0 Å². The standard InChI is InChI=1S/C22H21N5O2/c28-15-26-11-9-25(10-12-26)14-16-5-7-17(8-6-16)19-13-21-23-24-22(29)27(21)20-4-2-1-3-18(19)20/h1-8,13,15H,9-12,14H2,(H,24,29). The number of pyridine rings is 1. The van der Waals surface area contributed by atoms with Gasteiger partial charge in [0.1, 0.15) is 0 Å². The van der Waals surface area contributed by atoms with Crippen LogP contribution in [0.5, 0.6) is 0 Å². The van der Waals surface area contributed by atoms with Crippen molar-refractivity contribution in [3.63, 3.8) is 0 Å². The minimum atomic E-state index is -0.229. The van der Waals surface area contributed by atoms with Crippen molar-refractivity contribution in [2.45, 2.75) is 6.54 Å². The highest BCUT2D eigenvalue weighted by atomic mass is 16.1. The van der Waals surface area contributed by atoms with Gasteiger partial charge in [-0.2, -0.15) is 5.10 Å². The van der Waals surface area contributed by atoms with E-state index < -0.39 is 0 Å². The maximum absolute atomic E-state index is 12.1. The van der Waals surface area contributed by atoms with Crippen LogP contribution < -0.4 is 5.69 Å². The van der Waals surface area contributed by atoms with Crippen LogP contribution in [-0.4, -0.2) is 57.0 Å². The van der Waals surface area contributed by atoms with Crippen LogP contribution in [-0.2, 0) is 11.3 Å². The predicted molar refractivity (Wildman–Crippen MR) is 112 cm³/mol. The number of para-hydroxylation sites is 1. The van der Waals surface area contributed by atoms with Crippen molar-refractivity contribution >= 4 is 23.0 Å². The van der Waals surface area contributed by atoms with Gasteiger partial charge in [0.2, 0.25) is 6.41 Å². The topological polar surface area (TPSA) is 73.7 Å². The first kappa shape index (κ1) is 17.6. The molecule has 4 aromatic rings. The van der Waals surface area contributed by atoms with E-state index in [4.69, 9.17) is 0 Å². The number of carbonyl (C=O) groups is 1. The molecular weight excluding hydrogens is 366 g/mol. The Kier molecular flexibility index (Phi) is 4.37. The van der Waals surface area contributed by atoms with Gasteiger partial charge in [-0.05, 0) is 28.8 Å². The van der Waals surface area contributed by atoms with Crippen molar-refractivity contribution in [3.8, 4) is 11.1 Å². The maximum atomic E-state index is 12.1. The summed E-state index contributed by atoms with van der Waals surface area (Å²) in [7, 11) is 0. The van der Waals surface area contributed by atoms with Crippen molar-refractivity contribution in [1.82, 2.24) is 24.4 Å². The smallest absolute Gasteiger partial charge is 0.343 e. The molecule has 2 aromatic heterocycles. The van der Waals surface area contributed by atoms with Gasteiger partial charge in [0.25, 0.3) is 0 Å². The molecule has 0 atom stereocenters. The zero-order valence-corrected chi connectivity index (χ0v) is 15.9. The van der Waals surface area contributed by atoms with Gasteiger partial charge in [-0.15, -0.1) is 0 Å². The Morgan fingerprint density at radius 1 is 1.00 bits per heavy atom. The van der Waals surface area contributed by atoms with Gasteiger partial charge >= 0.3 is 5.69 Å². The van der Waals surface area contributed by atoms with E-state index in [1.807, 2.05) is 35.2 Å². The fraction of sp³-hybridized carbons (Fsp3) is 0.227. The average Bonchev–Trinajstić information content (AvgIpc) is 3.15. The Bertz CT molecular complexity index is 1230. The van der Waals surface area contributed by atoms with E-state index in [1.54, 1.807) is 4.40 Å². The molecule has 0 saturated carbocycles. The molecule has 1 fully saturated rings. The number of piperazine rings is 1. The number of hydrogen-bond acceptors (Lipinski definition) is 4. The highest BCUT2D eigenvalue weighted by molar-refractivity contribution is 5.97. The molecule has 0 radical (unpaired) electrons. The summed E-state index contributed by atoms with van der Waals surface area (Å²) >= 11 is 0. The Balaban J connectivity index is 1.46. The third-order valence-corrected chi connectivity index (χ3v) is 5.63. The average molecular weight is 387 g/mol. The van der Waals surface area contributed by atoms with Crippen LogP contribution >= 0.6 is 0 Å². The predicted octanol–water partition coefficient (Wildman–Crippen LogP) is 2.12. The Hall–Kier alpha value is -3.45. The summed E-state index contributed by atoms with van der Waals surface area (Å²) in [4.78, 5) is 27.2. The third kappa shape index (κ3) is 3.19. The maximum Gasteiger partial charge on any atom is 0.348 e. The lowest BCUT2D eigenvalue weighted by Gasteiger charge is -2.32. The number of hydrogen-bond donors (Lipinski definition) is 1.